The number of aliphatic hydroxyl groups excluding tert-OH is 1. The highest BCUT2D eigenvalue weighted by Gasteiger charge is 2.27. The highest BCUT2D eigenvalue weighted by atomic mass is 16.3. The van der Waals surface area contributed by atoms with E-state index < -0.39 is 0 Å². The zero-order chi connectivity index (χ0) is 13.0. The predicted octanol–water partition coefficient (Wildman–Crippen LogP) is 1.86. The molecule has 18 heavy (non-hydrogen) atoms. The van der Waals surface area contributed by atoms with Crippen LogP contribution in [0.15, 0.2) is 0 Å². The fourth-order valence-electron chi connectivity index (χ4n) is 3.53. The molecular weight excluding hydrogens is 224 g/mol. The van der Waals surface area contributed by atoms with Crippen LogP contribution in [0.2, 0.25) is 0 Å². The molecule has 1 saturated carbocycles. The van der Waals surface area contributed by atoms with Crippen LogP contribution in [0.5, 0.6) is 0 Å². The number of hydrogen-bond acceptors (Lipinski definition) is 3. The lowest BCUT2D eigenvalue weighted by Crippen LogP contribution is -2.43. The molecule has 3 heteroatoms. The first kappa shape index (κ1) is 14.3. The second-order valence-corrected chi connectivity index (χ2v) is 6.23. The Morgan fingerprint density at radius 3 is 2.50 bits per heavy atom. The summed E-state index contributed by atoms with van der Waals surface area (Å²) in [5, 5.41) is 13.5. The van der Waals surface area contributed by atoms with Crippen LogP contribution in [0.1, 0.15) is 46.0 Å². The molecule has 0 aromatic carbocycles. The number of nitrogens with one attached hydrogen (secondary N) is 1. The van der Waals surface area contributed by atoms with Gasteiger partial charge in [0, 0.05) is 12.6 Å². The largest absolute Gasteiger partial charge is 0.393 e. The fourth-order valence-corrected chi connectivity index (χ4v) is 3.53. The molecule has 0 aromatic rings. The maximum absolute atomic E-state index is 9.83. The Morgan fingerprint density at radius 1 is 1.22 bits per heavy atom. The van der Waals surface area contributed by atoms with Crippen molar-refractivity contribution in [3.8, 4) is 0 Å². The summed E-state index contributed by atoms with van der Waals surface area (Å²) in [5.74, 6) is 1.33. The van der Waals surface area contributed by atoms with E-state index in [2.05, 4.69) is 24.1 Å². The number of nitrogens with zero attached hydrogens (tertiary/aromatic N) is 1. The zero-order valence-electron chi connectivity index (χ0n) is 12.1. The zero-order valence-corrected chi connectivity index (χ0v) is 12.1. The van der Waals surface area contributed by atoms with Crippen molar-refractivity contribution in [1.29, 1.82) is 0 Å². The molecule has 0 aromatic heterocycles. The second-order valence-electron chi connectivity index (χ2n) is 6.23. The molecule has 3 unspecified atom stereocenters. The van der Waals surface area contributed by atoms with Crippen molar-refractivity contribution in [3.63, 3.8) is 0 Å². The molecule has 2 fully saturated rings. The number of piperidine rings is 1. The van der Waals surface area contributed by atoms with Crippen molar-refractivity contribution in [2.75, 3.05) is 26.2 Å². The maximum atomic E-state index is 9.83. The van der Waals surface area contributed by atoms with Crippen molar-refractivity contribution in [2.24, 2.45) is 11.8 Å². The Labute approximate surface area is 112 Å². The normalized spacial score (nSPS) is 32.8. The highest BCUT2D eigenvalue weighted by molar-refractivity contribution is 4.83. The van der Waals surface area contributed by atoms with Gasteiger partial charge in [-0.05, 0) is 64.1 Å². The molecule has 3 atom stereocenters. The Hall–Kier alpha value is -0.120. The maximum Gasteiger partial charge on any atom is 0.0580 e. The summed E-state index contributed by atoms with van der Waals surface area (Å²) in [4.78, 5) is 2.55. The van der Waals surface area contributed by atoms with Gasteiger partial charge < -0.3 is 15.3 Å². The average Bonchev–Trinajstić information content (AvgIpc) is 2.81. The third kappa shape index (κ3) is 3.69. The smallest absolute Gasteiger partial charge is 0.0580 e. The molecule has 1 aliphatic carbocycles. The second kappa shape index (κ2) is 6.88. The Morgan fingerprint density at radius 2 is 1.94 bits per heavy atom. The summed E-state index contributed by atoms with van der Waals surface area (Å²) in [7, 11) is 0. The molecule has 1 heterocycles. The van der Waals surface area contributed by atoms with Gasteiger partial charge in [-0.15, -0.1) is 0 Å². The Kier molecular flexibility index (Phi) is 5.46. The molecule has 2 rings (SSSR count). The first-order valence-electron chi connectivity index (χ1n) is 7.84. The van der Waals surface area contributed by atoms with Crippen LogP contribution in [-0.4, -0.2) is 48.3 Å². The lowest BCUT2D eigenvalue weighted by Gasteiger charge is -2.35. The van der Waals surface area contributed by atoms with Crippen LogP contribution < -0.4 is 5.32 Å². The van der Waals surface area contributed by atoms with E-state index >= 15 is 0 Å². The van der Waals surface area contributed by atoms with Crippen molar-refractivity contribution in [2.45, 2.75) is 58.1 Å². The van der Waals surface area contributed by atoms with E-state index in [1.165, 1.54) is 45.3 Å². The SMILES string of the molecule is CCN1CCC(C(C)NCC2CCCC2O)CC1. The van der Waals surface area contributed by atoms with E-state index in [1.54, 1.807) is 0 Å². The minimum absolute atomic E-state index is 0.0494. The lowest BCUT2D eigenvalue weighted by atomic mass is 9.90. The Bertz CT molecular complexity index is 239. The van der Waals surface area contributed by atoms with Crippen molar-refractivity contribution in [3.05, 3.63) is 0 Å². The number of likely N-dealkylation sites (tertiary alicyclic amines) is 1. The Balaban J connectivity index is 1.67. The molecule has 0 spiro atoms. The van der Waals surface area contributed by atoms with Crippen LogP contribution in [0.3, 0.4) is 0 Å². The van der Waals surface area contributed by atoms with Gasteiger partial charge in [-0.2, -0.15) is 0 Å². The fraction of sp³-hybridized carbons (Fsp3) is 1.00. The molecule has 2 N–H and O–H groups in total. The van der Waals surface area contributed by atoms with Gasteiger partial charge in [0.15, 0.2) is 0 Å². The van der Waals surface area contributed by atoms with Crippen molar-refractivity contribution >= 4 is 0 Å². The highest BCUT2D eigenvalue weighted by Crippen LogP contribution is 2.26. The van der Waals surface area contributed by atoms with E-state index in [-0.39, 0.29) is 6.10 Å². The molecule has 106 valence electrons. The molecule has 0 bridgehead atoms. The van der Waals surface area contributed by atoms with Gasteiger partial charge >= 0.3 is 0 Å². The third-order valence-electron chi connectivity index (χ3n) is 5.11. The standard InChI is InChI=1S/C15H30N2O/c1-3-17-9-7-13(8-10-17)12(2)16-11-14-5-4-6-15(14)18/h12-16,18H,3-11H2,1-2H3. The summed E-state index contributed by atoms with van der Waals surface area (Å²) in [6.45, 7) is 9.31. The van der Waals surface area contributed by atoms with Crippen LogP contribution in [-0.2, 0) is 0 Å². The van der Waals surface area contributed by atoms with Crippen molar-refractivity contribution in [1.82, 2.24) is 10.2 Å². The number of aliphatic hydroxyl groups is 1. The predicted molar refractivity (Wildman–Crippen MR) is 75.7 cm³/mol. The average molecular weight is 254 g/mol. The van der Waals surface area contributed by atoms with Gasteiger partial charge in [0.05, 0.1) is 6.10 Å². The molecule has 3 nitrogen and oxygen atoms in total. The van der Waals surface area contributed by atoms with Gasteiger partial charge in [0.25, 0.3) is 0 Å². The van der Waals surface area contributed by atoms with Crippen LogP contribution in [0, 0.1) is 11.8 Å². The minimum atomic E-state index is -0.0494. The molecule has 0 amide bonds. The van der Waals surface area contributed by atoms with E-state index in [0.29, 0.717) is 12.0 Å². The lowest BCUT2D eigenvalue weighted by molar-refractivity contribution is 0.123. The topological polar surface area (TPSA) is 35.5 Å². The molecule has 0 radical (unpaired) electrons. The quantitative estimate of drug-likeness (QED) is 0.786. The summed E-state index contributed by atoms with van der Waals surface area (Å²) in [6.07, 6.45) is 6.03. The summed E-state index contributed by atoms with van der Waals surface area (Å²) in [5.41, 5.74) is 0. The number of rotatable bonds is 5. The molecule has 2 aliphatic rings. The number of hydrogen-bond donors (Lipinski definition) is 2. The molecule has 1 saturated heterocycles. The monoisotopic (exact) mass is 254 g/mol. The van der Waals surface area contributed by atoms with Crippen LogP contribution >= 0.6 is 0 Å². The van der Waals surface area contributed by atoms with Gasteiger partial charge in [0.1, 0.15) is 0 Å². The van der Waals surface area contributed by atoms with E-state index in [0.717, 1.165) is 18.9 Å². The minimum Gasteiger partial charge on any atom is -0.393 e. The van der Waals surface area contributed by atoms with E-state index in [1.807, 2.05) is 0 Å². The van der Waals surface area contributed by atoms with Gasteiger partial charge in [-0.25, -0.2) is 0 Å². The van der Waals surface area contributed by atoms with E-state index in [9.17, 15) is 5.11 Å². The molecule has 1 aliphatic heterocycles. The van der Waals surface area contributed by atoms with Gasteiger partial charge in [-0.3, -0.25) is 0 Å². The van der Waals surface area contributed by atoms with Crippen molar-refractivity contribution < 1.29 is 5.11 Å². The summed E-state index contributed by atoms with van der Waals surface area (Å²) < 4.78 is 0. The van der Waals surface area contributed by atoms with Gasteiger partial charge in [-0.1, -0.05) is 13.3 Å². The summed E-state index contributed by atoms with van der Waals surface area (Å²) in [6, 6.07) is 0.608. The molecular formula is C15H30N2O. The first-order valence-corrected chi connectivity index (χ1v) is 7.84. The first-order chi connectivity index (χ1) is 8.70. The summed E-state index contributed by atoms with van der Waals surface area (Å²) >= 11 is 0. The van der Waals surface area contributed by atoms with E-state index in [4.69, 9.17) is 0 Å². The third-order valence-corrected chi connectivity index (χ3v) is 5.11. The van der Waals surface area contributed by atoms with Crippen LogP contribution in [0.4, 0.5) is 0 Å². The van der Waals surface area contributed by atoms with Gasteiger partial charge in [0.2, 0.25) is 0 Å². The van der Waals surface area contributed by atoms with Crippen LogP contribution in [0.25, 0.3) is 0 Å².